The average Bonchev–Trinajstić information content (AvgIpc) is 4.06. The van der Waals surface area contributed by atoms with Crippen molar-refractivity contribution in [3.8, 4) is 28.1 Å². The largest absolute Gasteiger partial charge is 0.488 e. The van der Waals surface area contributed by atoms with Gasteiger partial charge in [-0.25, -0.2) is 19.6 Å². The smallest absolute Gasteiger partial charge is 0.407 e. The van der Waals surface area contributed by atoms with E-state index >= 15 is 0 Å². The number of nitrogens with one attached hydrogen (secondary N) is 4. The van der Waals surface area contributed by atoms with Crippen molar-refractivity contribution in [1.82, 2.24) is 40.4 Å². The number of nitrogens with zero attached hydrogens (tertiary/aromatic N) is 4. The van der Waals surface area contributed by atoms with Gasteiger partial charge in [-0.3, -0.25) is 9.59 Å². The number of rotatable bonds is 15. The summed E-state index contributed by atoms with van der Waals surface area (Å²) in [4.78, 5) is 73.2. The van der Waals surface area contributed by atoms with Gasteiger partial charge in [-0.15, -0.1) is 0 Å². The summed E-state index contributed by atoms with van der Waals surface area (Å²) in [6.45, 7) is 14.7. The van der Waals surface area contributed by atoms with Gasteiger partial charge in [0.05, 0.1) is 49.7 Å². The van der Waals surface area contributed by atoms with Crippen LogP contribution >= 0.6 is 0 Å². The highest BCUT2D eigenvalue weighted by Gasteiger charge is 2.42. The zero-order valence-electron chi connectivity index (χ0n) is 38.0. The molecule has 0 bridgehead atoms. The number of likely N-dealkylation sites (tertiary alicyclic amines) is 1. The van der Waals surface area contributed by atoms with E-state index in [9.17, 15) is 19.2 Å². The summed E-state index contributed by atoms with van der Waals surface area (Å²) in [6, 6.07) is 12.8. The molecule has 3 aromatic carbocycles. The van der Waals surface area contributed by atoms with Gasteiger partial charge < -0.3 is 44.6 Å². The fraction of sp³-hybridized carbons (Fsp3) is 0.500. The molecule has 7 rings (SSSR count). The number of carbonyl (C=O) groups is 4. The lowest BCUT2D eigenvalue weighted by atomic mass is 9.92. The second kappa shape index (κ2) is 19.1. The number of alkyl carbamates (subject to hydrolysis) is 2. The molecule has 0 spiro atoms. The first-order chi connectivity index (χ1) is 30.3. The number of methoxy groups -OCH3 is 2. The average molecular weight is 863 g/mol. The summed E-state index contributed by atoms with van der Waals surface area (Å²) in [5.41, 5.74) is 6.55. The maximum atomic E-state index is 14.2. The fourth-order valence-electron chi connectivity index (χ4n) is 9.12. The van der Waals surface area contributed by atoms with Gasteiger partial charge in [-0.2, -0.15) is 0 Å². The van der Waals surface area contributed by atoms with E-state index in [-0.39, 0.29) is 48.3 Å². The Bertz CT molecular complexity index is 2480. The lowest BCUT2D eigenvalue weighted by Gasteiger charge is -2.34. The fourth-order valence-corrected chi connectivity index (χ4v) is 9.12. The molecule has 4 amide bonds. The zero-order valence-corrected chi connectivity index (χ0v) is 38.0. The van der Waals surface area contributed by atoms with Crippen molar-refractivity contribution in [1.29, 1.82) is 0 Å². The minimum absolute atomic E-state index is 0.0173. The van der Waals surface area contributed by atoms with Crippen molar-refractivity contribution in [2.75, 3.05) is 14.2 Å². The Morgan fingerprint density at radius 2 is 1.62 bits per heavy atom. The first-order valence-corrected chi connectivity index (χ1v) is 22.4. The molecule has 63 heavy (non-hydrogen) atoms. The Labute approximate surface area is 369 Å². The Kier molecular flexibility index (Phi) is 13.6. The number of ether oxygens (including phenoxy) is 3. The van der Waals surface area contributed by atoms with Crippen molar-refractivity contribution in [3.05, 3.63) is 65.9 Å². The number of hydrogen-bond acceptors (Lipinski definition) is 9. The van der Waals surface area contributed by atoms with Crippen LogP contribution in [-0.4, -0.2) is 92.1 Å². The summed E-state index contributed by atoms with van der Waals surface area (Å²) >= 11 is 0. The van der Waals surface area contributed by atoms with Gasteiger partial charge in [0.25, 0.3) is 0 Å². The maximum absolute atomic E-state index is 14.2. The molecule has 7 atom stereocenters. The summed E-state index contributed by atoms with van der Waals surface area (Å²) in [6.07, 6.45) is 5.27. The normalized spacial score (nSPS) is 18.1. The Morgan fingerprint density at radius 1 is 0.905 bits per heavy atom. The first kappa shape index (κ1) is 44.9. The highest BCUT2D eigenvalue weighted by Crippen LogP contribution is 2.43. The van der Waals surface area contributed by atoms with Crippen LogP contribution in [0.5, 0.6) is 5.75 Å². The molecule has 15 nitrogen and oxygen atoms in total. The Balaban J connectivity index is 1.13. The topological polar surface area (TPSA) is 184 Å². The molecule has 2 aliphatic rings. The summed E-state index contributed by atoms with van der Waals surface area (Å²) < 4.78 is 16.2. The van der Waals surface area contributed by atoms with Crippen molar-refractivity contribution in [2.45, 2.75) is 130 Å². The van der Waals surface area contributed by atoms with Crippen molar-refractivity contribution >= 4 is 45.8 Å². The highest BCUT2D eigenvalue weighted by molar-refractivity contribution is 6.07. The van der Waals surface area contributed by atoms with Crippen LogP contribution in [0.4, 0.5) is 9.59 Å². The molecule has 2 aliphatic heterocycles. The van der Waals surface area contributed by atoms with Gasteiger partial charge in [-0.1, -0.05) is 72.1 Å². The zero-order chi connectivity index (χ0) is 45.1. The standard InChI is InChI=1S/C48H62N8O7/c1-10-13-28(6)55(45(57)41(26(4)11-2)53-47(59)61-8)24-40-50-36-18-16-30-21-35-33-17-15-31(20-32(33)25-63-39(35)22-34(30)43(36)52-40)37-23-49-44(51-37)38-19-14-29(7)56(38)46(58)42(27(5)12-3)54-48(60)62-9/h15-18,20-23,26-29,38,41-42H,10-14,19,24-25H2,1-9H3,(H,49,51)(H,50,52)(H,53,59)(H,54,60)/t26-,27-,28-,29-,38-,41-,42-/m0/s1. The number of aromatic amines is 2. The van der Waals surface area contributed by atoms with Crippen LogP contribution in [0.25, 0.3) is 44.2 Å². The van der Waals surface area contributed by atoms with Crippen LogP contribution in [0.3, 0.4) is 0 Å². The van der Waals surface area contributed by atoms with E-state index in [1.54, 1.807) is 0 Å². The molecule has 0 saturated carbocycles. The van der Waals surface area contributed by atoms with Gasteiger partial charge >= 0.3 is 12.2 Å². The van der Waals surface area contributed by atoms with Gasteiger partial charge in [-0.05, 0) is 91.3 Å². The number of fused-ring (bicyclic) bond motifs is 6. The first-order valence-electron chi connectivity index (χ1n) is 22.4. The summed E-state index contributed by atoms with van der Waals surface area (Å²) in [5, 5.41) is 7.51. The Hall–Kier alpha value is -6.12. The third kappa shape index (κ3) is 9.05. The van der Waals surface area contributed by atoms with Crippen molar-refractivity contribution in [3.63, 3.8) is 0 Å². The highest BCUT2D eigenvalue weighted by atomic mass is 16.5. The summed E-state index contributed by atoms with van der Waals surface area (Å²) in [5.74, 6) is 1.65. The number of hydrogen-bond donors (Lipinski definition) is 4. The molecule has 0 radical (unpaired) electrons. The minimum atomic E-state index is -0.734. The van der Waals surface area contributed by atoms with Crippen molar-refractivity contribution < 1.29 is 33.4 Å². The maximum Gasteiger partial charge on any atom is 0.407 e. The van der Waals surface area contributed by atoms with Crippen LogP contribution in [0.15, 0.2) is 48.7 Å². The molecule has 2 aromatic heterocycles. The molecule has 0 unspecified atom stereocenters. The monoisotopic (exact) mass is 862 g/mol. The lowest BCUT2D eigenvalue weighted by Crippen LogP contribution is -2.53. The lowest BCUT2D eigenvalue weighted by molar-refractivity contribution is -0.138. The van der Waals surface area contributed by atoms with E-state index in [0.29, 0.717) is 24.7 Å². The SMILES string of the molecule is CCC[C@H](C)N(Cc1nc2c(ccc3cc4c(cc32)OCc2cc(-c3cnc([C@@H]5CC[C@H](C)N5C(=O)[C@@H](NC(=O)OC)[C@@H](C)CC)[nH]3)ccc2-4)[nH]1)C(=O)[C@@H](NC(=O)OC)[C@@H](C)CC. The van der Waals surface area contributed by atoms with E-state index in [0.717, 1.165) is 87.6 Å². The second-order valence-corrected chi connectivity index (χ2v) is 17.3. The van der Waals surface area contributed by atoms with E-state index in [2.05, 4.69) is 63.9 Å². The Morgan fingerprint density at radius 3 is 2.32 bits per heavy atom. The van der Waals surface area contributed by atoms with E-state index in [1.807, 2.05) is 63.6 Å². The van der Waals surface area contributed by atoms with E-state index < -0.39 is 24.3 Å². The number of amides is 4. The molecule has 1 fully saturated rings. The molecule has 4 N–H and O–H groups in total. The van der Waals surface area contributed by atoms with Gasteiger partial charge in [0.2, 0.25) is 11.8 Å². The molecular formula is C48H62N8O7. The van der Waals surface area contributed by atoms with Gasteiger partial charge in [0, 0.05) is 23.0 Å². The molecule has 4 heterocycles. The minimum Gasteiger partial charge on any atom is -0.488 e. The number of benzene rings is 3. The van der Waals surface area contributed by atoms with Crippen LogP contribution in [-0.2, 0) is 32.2 Å². The van der Waals surface area contributed by atoms with Crippen molar-refractivity contribution in [2.24, 2.45) is 11.8 Å². The number of H-pyrrole nitrogens is 2. The molecule has 0 aliphatic carbocycles. The number of aromatic nitrogens is 4. The molecule has 5 aromatic rings. The third-order valence-corrected chi connectivity index (χ3v) is 13.3. The van der Waals surface area contributed by atoms with E-state index in [1.165, 1.54) is 14.2 Å². The van der Waals surface area contributed by atoms with Crippen LogP contribution in [0.1, 0.15) is 110 Å². The predicted molar refractivity (Wildman–Crippen MR) is 242 cm³/mol. The quantitative estimate of drug-likeness (QED) is 0.0799. The van der Waals surface area contributed by atoms with Crippen LogP contribution in [0.2, 0.25) is 0 Å². The van der Waals surface area contributed by atoms with Crippen LogP contribution in [0, 0.1) is 11.8 Å². The molecule has 15 heteroatoms. The third-order valence-electron chi connectivity index (χ3n) is 13.3. The second-order valence-electron chi connectivity index (χ2n) is 17.3. The van der Waals surface area contributed by atoms with Gasteiger partial charge in [0.15, 0.2) is 0 Å². The molecular weight excluding hydrogens is 801 g/mol. The number of imidazole rings is 2. The molecule has 1 saturated heterocycles. The predicted octanol–water partition coefficient (Wildman–Crippen LogP) is 8.78. The summed E-state index contributed by atoms with van der Waals surface area (Å²) in [7, 11) is 2.60. The number of carbonyl (C=O) groups excluding carboxylic acids is 4. The molecule has 336 valence electrons. The van der Waals surface area contributed by atoms with E-state index in [4.69, 9.17) is 24.2 Å². The van der Waals surface area contributed by atoms with Crippen LogP contribution < -0.4 is 15.4 Å². The van der Waals surface area contributed by atoms with Gasteiger partial charge in [0.1, 0.15) is 36.1 Å².